The SMILES string of the molecule is CNc1ncc(C(=O)Nc2cccc(Cl)c2C)cc1Cl. The van der Waals surface area contributed by atoms with Gasteiger partial charge in [0, 0.05) is 24.0 Å². The summed E-state index contributed by atoms with van der Waals surface area (Å²) < 4.78 is 0. The summed E-state index contributed by atoms with van der Waals surface area (Å²) in [5, 5.41) is 6.62. The molecule has 0 saturated heterocycles. The summed E-state index contributed by atoms with van der Waals surface area (Å²) in [7, 11) is 1.71. The van der Waals surface area contributed by atoms with Crippen LogP contribution < -0.4 is 10.6 Å². The fraction of sp³-hybridized carbons (Fsp3) is 0.143. The standard InChI is InChI=1S/C14H13Cl2N3O/c1-8-10(15)4-3-5-12(8)19-14(20)9-6-11(16)13(17-2)18-7-9/h3-7H,1-2H3,(H,17,18)(H,19,20). The van der Waals surface area contributed by atoms with Gasteiger partial charge in [-0.2, -0.15) is 0 Å². The van der Waals surface area contributed by atoms with Gasteiger partial charge in [0.2, 0.25) is 0 Å². The first-order valence-electron chi connectivity index (χ1n) is 5.92. The first kappa shape index (κ1) is 14.6. The normalized spacial score (nSPS) is 10.2. The molecule has 0 aliphatic heterocycles. The fourth-order valence-corrected chi connectivity index (χ4v) is 2.12. The number of hydrogen-bond donors (Lipinski definition) is 2. The summed E-state index contributed by atoms with van der Waals surface area (Å²) in [6.45, 7) is 1.84. The van der Waals surface area contributed by atoms with Crippen LogP contribution >= 0.6 is 23.2 Å². The number of benzene rings is 1. The van der Waals surface area contributed by atoms with Gasteiger partial charge in [0.1, 0.15) is 5.82 Å². The van der Waals surface area contributed by atoms with Gasteiger partial charge in [-0.25, -0.2) is 4.98 Å². The summed E-state index contributed by atoms with van der Waals surface area (Å²) in [5.74, 6) is 0.245. The number of hydrogen-bond acceptors (Lipinski definition) is 3. The van der Waals surface area contributed by atoms with Gasteiger partial charge in [-0.3, -0.25) is 4.79 Å². The Bertz CT molecular complexity index is 659. The summed E-state index contributed by atoms with van der Waals surface area (Å²) in [6.07, 6.45) is 1.47. The van der Waals surface area contributed by atoms with E-state index in [0.717, 1.165) is 5.56 Å². The minimum absolute atomic E-state index is 0.285. The van der Waals surface area contributed by atoms with Crippen molar-refractivity contribution >= 4 is 40.6 Å². The topological polar surface area (TPSA) is 54.0 Å². The summed E-state index contributed by atoms with van der Waals surface area (Å²) >= 11 is 12.0. The highest BCUT2D eigenvalue weighted by atomic mass is 35.5. The molecule has 0 fully saturated rings. The molecule has 2 rings (SSSR count). The van der Waals surface area contributed by atoms with Crippen molar-refractivity contribution in [1.82, 2.24) is 4.98 Å². The molecule has 4 nitrogen and oxygen atoms in total. The molecule has 0 bridgehead atoms. The maximum absolute atomic E-state index is 12.2. The fourth-order valence-electron chi connectivity index (χ4n) is 1.68. The van der Waals surface area contributed by atoms with Gasteiger partial charge in [0.25, 0.3) is 5.91 Å². The number of nitrogens with zero attached hydrogens (tertiary/aromatic N) is 1. The monoisotopic (exact) mass is 309 g/mol. The molecular weight excluding hydrogens is 297 g/mol. The summed E-state index contributed by atoms with van der Waals surface area (Å²) in [5.41, 5.74) is 1.86. The van der Waals surface area contributed by atoms with Crippen LogP contribution in [0.4, 0.5) is 11.5 Å². The average Bonchev–Trinajstić information content (AvgIpc) is 2.43. The van der Waals surface area contributed by atoms with Gasteiger partial charge in [-0.05, 0) is 30.7 Å². The first-order valence-corrected chi connectivity index (χ1v) is 6.68. The molecule has 0 spiro atoms. The Morgan fingerprint density at radius 1 is 1.25 bits per heavy atom. The third kappa shape index (κ3) is 3.03. The quantitative estimate of drug-likeness (QED) is 0.901. The highest BCUT2D eigenvalue weighted by Gasteiger charge is 2.11. The van der Waals surface area contributed by atoms with Crippen LogP contribution in [0.25, 0.3) is 0 Å². The van der Waals surface area contributed by atoms with Crippen molar-refractivity contribution < 1.29 is 4.79 Å². The lowest BCUT2D eigenvalue weighted by Crippen LogP contribution is -2.13. The molecule has 6 heteroatoms. The zero-order chi connectivity index (χ0) is 14.7. The molecule has 0 unspecified atom stereocenters. The van der Waals surface area contributed by atoms with Crippen LogP contribution in [0.2, 0.25) is 10.0 Å². The second-order valence-electron chi connectivity index (χ2n) is 4.17. The predicted octanol–water partition coefficient (Wildman–Crippen LogP) is 3.99. The van der Waals surface area contributed by atoms with Crippen molar-refractivity contribution in [3.63, 3.8) is 0 Å². The van der Waals surface area contributed by atoms with Crippen LogP contribution in [-0.2, 0) is 0 Å². The number of carbonyl (C=O) groups excluding carboxylic acids is 1. The van der Waals surface area contributed by atoms with Gasteiger partial charge in [0.05, 0.1) is 10.6 Å². The Labute approximate surface area is 127 Å². The molecule has 0 aliphatic rings. The van der Waals surface area contributed by atoms with Crippen molar-refractivity contribution in [2.45, 2.75) is 6.92 Å². The maximum Gasteiger partial charge on any atom is 0.257 e. The molecule has 0 atom stereocenters. The lowest BCUT2D eigenvalue weighted by atomic mass is 10.2. The second-order valence-corrected chi connectivity index (χ2v) is 4.99. The molecule has 1 aromatic heterocycles. The zero-order valence-corrected chi connectivity index (χ0v) is 12.5. The zero-order valence-electron chi connectivity index (χ0n) is 11.0. The van der Waals surface area contributed by atoms with E-state index in [4.69, 9.17) is 23.2 Å². The van der Waals surface area contributed by atoms with Gasteiger partial charge in [-0.15, -0.1) is 0 Å². The Balaban J connectivity index is 2.24. The minimum atomic E-state index is -0.285. The third-order valence-electron chi connectivity index (χ3n) is 2.86. The van der Waals surface area contributed by atoms with Crippen LogP contribution in [0.1, 0.15) is 15.9 Å². The molecule has 20 heavy (non-hydrogen) atoms. The highest BCUT2D eigenvalue weighted by Crippen LogP contribution is 2.24. The number of amides is 1. The molecule has 0 saturated carbocycles. The van der Waals surface area contributed by atoms with E-state index in [1.54, 1.807) is 31.3 Å². The number of halogens is 2. The molecule has 0 radical (unpaired) electrons. The van der Waals surface area contributed by atoms with Gasteiger partial charge < -0.3 is 10.6 Å². The molecule has 2 aromatic rings. The van der Waals surface area contributed by atoms with E-state index in [1.807, 2.05) is 6.92 Å². The number of nitrogens with one attached hydrogen (secondary N) is 2. The van der Waals surface area contributed by atoms with Crippen molar-refractivity contribution in [3.8, 4) is 0 Å². The van der Waals surface area contributed by atoms with Crippen molar-refractivity contribution in [3.05, 3.63) is 51.6 Å². The lowest BCUT2D eigenvalue weighted by Gasteiger charge is -2.10. The first-order chi connectivity index (χ1) is 9.52. The second kappa shape index (κ2) is 6.11. The minimum Gasteiger partial charge on any atom is -0.372 e. The predicted molar refractivity (Wildman–Crippen MR) is 82.9 cm³/mol. The van der Waals surface area contributed by atoms with E-state index in [0.29, 0.717) is 27.1 Å². The summed E-state index contributed by atoms with van der Waals surface area (Å²) in [4.78, 5) is 16.2. The van der Waals surface area contributed by atoms with E-state index < -0.39 is 0 Å². The number of carbonyl (C=O) groups is 1. The van der Waals surface area contributed by atoms with Crippen molar-refractivity contribution in [2.75, 3.05) is 17.7 Å². The molecule has 104 valence electrons. The Kier molecular flexibility index (Phi) is 4.47. The molecule has 0 aliphatic carbocycles. The Morgan fingerprint density at radius 2 is 2.00 bits per heavy atom. The molecule has 1 heterocycles. The Morgan fingerprint density at radius 3 is 2.65 bits per heavy atom. The number of anilines is 2. The van der Waals surface area contributed by atoms with Gasteiger partial charge >= 0.3 is 0 Å². The van der Waals surface area contributed by atoms with Crippen LogP contribution in [0.15, 0.2) is 30.5 Å². The highest BCUT2D eigenvalue weighted by molar-refractivity contribution is 6.33. The van der Waals surface area contributed by atoms with Crippen LogP contribution in [0.5, 0.6) is 0 Å². The maximum atomic E-state index is 12.2. The molecular formula is C14H13Cl2N3O. The Hall–Kier alpha value is -1.78. The average molecular weight is 310 g/mol. The smallest absolute Gasteiger partial charge is 0.257 e. The lowest BCUT2D eigenvalue weighted by molar-refractivity contribution is 0.102. The van der Waals surface area contributed by atoms with E-state index in [-0.39, 0.29) is 5.91 Å². The number of rotatable bonds is 3. The van der Waals surface area contributed by atoms with Gasteiger partial charge in [-0.1, -0.05) is 29.3 Å². The van der Waals surface area contributed by atoms with Crippen LogP contribution in [0.3, 0.4) is 0 Å². The van der Waals surface area contributed by atoms with Crippen molar-refractivity contribution in [2.24, 2.45) is 0 Å². The summed E-state index contributed by atoms with van der Waals surface area (Å²) in [6, 6.07) is 6.90. The third-order valence-corrected chi connectivity index (χ3v) is 3.55. The van der Waals surface area contributed by atoms with Gasteiger partial charge in [0.15, 0.2) is 0 Å². The van der Waals surface area contributed by atoms with Crippen LogP contribution in [0, 0.1) is 6.92 Å². The largest absolute Gasteiger partial charge is 0.372 e. The van der Waals surface area contributed by atoms with Crippen molar-refractivity contribution in [1.29, 1.82) is 0 Å². The van der Waals surface area contributed by atoms with E-state index >= 15 is 0 Å². The van der Waals surface area contributed by atoms with E-state index in [1.165, 1.54) is 6.20 Å². The molecule has 1 amide bonds. The molecule has 1 aromatic carbocycles. The molecule has 2 N–H and O–H groups in total. The van der Waals surface area contributed by atoms with Crippen LogP contribution in [-0.4, -0.2) is 17.9 Å². The number of aromatic nitrogens is 1. The number of pyridine rings is 1. The van der Waals surface area contributed by atoms with E-state index in [9.17, 15) is 4.79 Å². The van der Waals surface area contributed by atoms with E-state index in [2.05, 4.69) is 15.6 Å².